The van der Waals surface area contributed by atoms with Gasteiger partial charge in [-0.1, -0.05) is 13.0 Å². The summed E-state index contributed by atoms with van der Waals surface area (Å²) < 4.78 is 12.0. The summed E-state index contributed by atoms with van der Waals surface area (Å²) >= 11 is 0. The van der Waals surface area contributed by atoms with Crippen molar-refractivity contribution >= 4 is 17.8 Å². The lowest BCUT2D eigenvalue weighted by atomic mass is 9.65. The number of nitrogens with zero attached hydrogens (tertiary/aromatic N) is 2. The van der Waals surface area contributed by atoms with Crippen LogP contribution in [-0.4, -0.2) is 81.8 Å². The molecule has 0 aromatic rings. The molecule has 0 aromatic carbocycles. The summed E-state index contributed by atoms with van der Waals surface area (Å²) in [6, 6.07) is -1.59. The standard InChI is InChI=1S/C23H36N2O6/c1-7-12-24(14(4)5)20(28)18-23-11-10-22(8-2,31-23)17(21(29)30-9-3)16(23)19(27)25(18)15(6)13-26/h7,14-18,26H,1,8-13H2,2-6H3/t15-,16+,17+,18?,22-,23?/m1/s1. The Bertz CT molecular complexity index is 754. The second-order valence-electron chi connectivity index (χ2n) is 9.24. The molecule has 2 unspecified atom stereocenters. The highest BCUT2D eigenvalue weighted by atomic mass is 16.6. The number of fused-ring (bicyclic) bond motifs is 1. The molecule has 3 heterocycles. The topological polar surface area (TPSA) is 96.4 Å². The summed E-state index contributed by atoms with van der Waals surface area (Å²) in [5.74, 6) is -2.53. The van der Waals surface area contributed by atoms with E-state index in [0.29, 0.717) is 25.8 Å². The molecule has 8 nitrogen and oxygen atoms in total. The Morgan fingerprint density at radius 1 is 1.35 bits per heavy atom. The molecule has 0 aromatic heterocycles. The molecular formula is C23H36N2O6. The van der Waals surface area contributed by atoms with Crippen molar-refractivity contribution in [2.75, 3.05) is 19.8 Å². The van der Waals surface area contributed by atoms with Crippen molar-refractivity contribution in [3.8, 4) is 0 Å². The number of esters is 1. The smallest absolute Gasteiger partial charge is 0.312 e. The van der Waals surface area contributed by atoms with Crippen LogP contribution in [0.15, 0.2) is 12.7 Å². The van der Waals surface area contributed by atoms with Crippen LogP contribution in [0.4, 0.5) is 0 Å². The number of carbonyl (C=O) groups is 3. The number of aliphatic hydroxyl groups excluding tert-OH is 1. The first kappa shape index (κ1) is 23.7. The number of likely N-dealkylation sites (tertiary alicyclic amines) is 1. The molecule has 3 rings (SSSR count). The van der Waals surface area contributed by atoms with Gasteiger partial charge in [-0.25, -0.2) is 0 Å². The minimum atomic E-state index is -1.10. The highest BCUT2D eigenvalue weighted by molar-refractivity contribution is 5.98. The molecule has 2 amide bonds. The molecule has 1 N–H and O–H groups in total. The average molecular weight is 437 g/mol. The molecule has 3 saturated heterocycles. The number of aliphatic hydroxyl groups is 1. The van der Waals surface area contributed by atoms with Crippen molar-refractivity contribution in [2.45, 2.75) is 83.2 Å². The fourth-order valence-electron chi connectivity index (χ4n) is 5.94. The van der Waals surface area contributed by atoms with Crippen LogP contribution in [0.2, 0.25) is 0 Å². The molecule has 174 valence electrons. The Morgan fingerprint density at radius 3 is 2.55 bits per heavy atom. The average Bonchev–Trinajstić information content (AvgIpc) is 3.34. The van der Waals surface area contributed by atoms with E-state index in [2.05, 4.69) is 6.58 Å². The van der Waals surface area contributed by atoms with Gasteiger partial charge in [-0.3, -0.25) is 14.4 Å². The van der Waals surface area contributed by atoms with Gasteiger partial charge in [0.05, 0.1) is 30.8 Å². The van der Waals surface area contributed by atoms with Gasteiger partial charge in [0.2, 0.25) is 11.8 Å². The van der Waals surface area contributed by atoms with Crippen LogP contribution in [-0.2, 0) is 23.9 Å². The van der Waals surface area contributed by atoms with E-state index in [1.54, 1.807) is 24.8 Å². The Kier molecular flexibility index (Phi) is 6.54. The third-order valence-corrected chi connectivity index (χ3v) is 7.36. The zero-order chi connectivity index (χ0) is 23.1. The van der Waals surface area contributed by atoms with E-state index in [-0.39, 0.29) is 31.1 Å². The summed E-state index contributed by atoms with van der Waals surface area (Å²) in [6.45, 7) is 13.2. The number of amides is 2. The summed E-state index contributed by atoms with van der Waals surface area (Å²) in [5, 5.41) is 9.88. The van der Waals surface area contributed by atoms with E-state index < -0.39 is 41.1 Å². The van der Waals surface area contributed by atoms with E-state index in [0.717, 1.165) is 0 Å². The lowest BCUT2D eigenvalue weighted by Crippen LogP contribution is -2.59. The van der Waals surface area contributed by atoms with Gasteiger partial charge in [0, 0.05) is 12.6 Å². The number of rotatable bonds is 9. The second-order valence-corrected chi connectivity index (χ2v) is 9.24. The van der Waals surface area contributed by atoms with E-state index in [4.69, 9.17) is 9.47 Å². The van der Waals surface area contributed by atoms with Crippen LogP contribution >= 0.6 is 0 Å². The maximum absolute atomic E-state index is 13.9. The van der Waals surface area contributed by atoms with Gasteiger partial charge in [-0.2, -0.15) is 0 Å². The predicted octanol–water partition coefficient (Wildman–Crippen LogP) is 1.51. The van der Waals surface area contributed by atoms with Crippen LogP contribution < -0.4 is 0 Å². The van der Waals surface area contributed by atoms with Crippen molar-refractivity contribution in [1.82, 2.24) is 9.80 Å². The quantitative estimate of drug-likeness (QED) is 0.435. The largest absolute Gasteiger partial charge is 0.466 e. The van der Waals surface area contributed by atoms with Crippen molar-refractivity contribution in [2.24, 2.45) is 11.8 Å². The molecule has 2 bridgehead atoms. The van der Waals surface area contributed by atoms with Gasteiger partial charge in [0.1, 0.15) is 17.6 Å². The van der Waals surface area contributed by atoms with Gasteiger partial charge in [-0.15, -0.1) is 6.58 Å². The molecule has 8 heteroatoms. The number of ether oxygens (including phenoxy) is 2. The molecule has 3 fully saturated rings. The van der Waals surface area contributed by atoms with Crippen molar-refractivity contribution in [3.63, 3.8) is 0 Å². The molecule has 1 spiro atoms. The van der Waals surface area contributed by atoms with Crippen LogP contribution in [0.1, 0.15) is 53.9 Å². The highest BCUT2D eigenvalue weighted by Crippen LogP contribution is 2.64. The Morgan fingerprint density at radius 2 is 2.03 bits per heavy atom. The lowest BCUT2D eigenvalue weighted by molar-refractivity contribution is -0.163. The minimum absolute atomic E-state index is 0.109. The molecule has 6 atom stereocenters. The zero-order valence-corrected chi connectivity index (χ0v) is 19.3. The zero-order valence-electron chi connectivity index (χ0n) is 19.3. The van der Waals surface area contributed by atoms with Crippen molar-refractivity contribution < 1.29 is 29.0 Å². The van der Waals surface area contributed by atoms with E-state index >= 15 is 0 Å². The molecule has 0 saturated carbocycles. The van der Waals surface area contributed by atoms with Crippen LogP contribution in [0, 0.1) is 11.8 Å². The normalized spacial score (nSPS) is 34.7. The molecule has 0 radical (unpaired) electrons. The summed E-state index contributed by atoms with van der Waals surface area (Å²) in [6.07, 6.45) is 3.31. The molecule has 3 aliphatic heterocycles. The minimum Gasteiger partial charge on any atom is -0.466 e. The fourth-order valence-corrected chi connectivity index (χ4v) is 5.94. The molecule has 3 aliphatic rings. The lowest BCUT2D eigenvalue weighted by Gasteiger charge is -2.39. The van der Waals surface area contributed by atoms with Crippen molar-refractivity contribution in [3.05, 3.63) is 12.7 Å². The maximum atomic E-state index is 13.9. The monoisotopic (exact) mass is 436 g/mol. The van der Waals surface area contributed by atoms with Gasteiger partial charge < -0.3 is 24.4 Å². The Hall–Kier alpha value is -1.93. The fraction of sp³-hybridized carbons (Fsp3) is 0.783. The first-order valence-corrected chi connectivity index (χ1v) is 11.4. The third-order valence-electron chi connectivity index (χ3n) is 7.36. The van der Waals surface area contributed by atoms with Gasteiger partial charge >= 0.3 is 5.97 Å². The van der Waals surface area contributed by atoms with Crippen molar-refractivity contribution in [1.29, 1.82) is 0 Å². The van der Waals surface area contributed by atoms with Gasteiger partial charge in [-0.05, 0) is 47.0 Å². The van der Waals surface area contributed by atoms with Gasteiger partial charge in [0.25, 0.3) is 0 Å². The molecular weight excluding hydrogens is 400 g/mol. The first-order valence-electron chi connectivity index (χ1n) is 11.4. The highest BCUT2D eigenvalue weighted by Gasteiger charge is 2.79. The predicted molar refractivity (Wildman–Crippen MR) is 114 cm³/mol. The second kappa shape index (κ2) is 8.54. The third kappa shape index (κ3) is 3.30. The summed E-state index contributed by atoms with van der Waals surface area (Å²) in [7, 11) is 0. The van der Waals surface area contributed by atoms with E-state index in [1.165, 1.54) is 4.90 Å². The van der Waals surface area contributed by atoms with Crippen LogP contribution in [0.25, 0.3) is 0 Å². The molecule has 0 aliphatic carbocycles. The summed E-state index contributed by atoms with van der Waals surface area (Å²) in [4.78, 5) is 43.8. The van der Waals surface area contributed by atoms with Crippen LogP contribution in [0.5, 0.6) is 0 Å². The van der Waals surface area contributed by atoms with E-state index in [1.807, 2.05) is 20.8 Å². The van der Waals surface area contributed by atoms with E-state index in [9.17, 15) is 19.5 Å². The first-order chi connectivity index (χ1) is 14.7. The summed E-state index contributed by atoms with van der Waals surface area (Å²) in [5.41, 5.74) is -1.90. The Labute approximate surface area is 184 Å². The van der Waals surface area contributed by atoms with Gasteiger partial charge in [0.15, 0.2) is 0 Å². The number of hydrogen-bond donors (Lipinski definition) is 1. The number of carbonyl (C=O) groups excluding carboxylic acids is 3. The maximum Gasteiger partial charge on any atom is 0.312 e. The SMILES string of the molecule is C=CCN(C(=O)C1N([C@H](C)CO)C(=O)[C@@H]2[C@@H](C(=O)OCC)[C@@]3(CC)CCC12O3)C(C)C. The number of hydrogen-bond acceptors (Lipinski definition) is 6. The molecule has 31 heavy (non-hydrogen) atoms. The Balaban J connectivity index is 2.14. The van der Waals surface area contributed by atoms with Crippen LogP contribution in [0.3, 0.4) is 0 Å².